The van der Waals surface area contributed by atoms with Crippen LogP contribution in [-0.4, -0.2) is 18.6 Å². The first-order valence-electron chi connectivity index (χ1n) is 8.55. The molecular formula is C19H27NO2. The van der Waals surface area contributed by atoms with Gasteiger partial charge in [-0.05, 0) is 61.1 Å². The number of ether oxygens (including phenoxy) is 1. The van der Waals surface area contributed by atoms with Crippen molar-refractivity contribution in [1.82, 2.24) is 5.32 Å². The third kappa shape index (κ3) is 3.29. The number of carbonyl (C=O) groups is 1. The van der Waals surface area contributed by atoms with Crippen molar-refractivity contribution in [3.63, 3.8) is 0 Å². The number of nitrogens with one attached hydrogen (secondary N) is 1. The SMILES string of the molecule is Cc1ccc(C(C)C)c(OCC(=O)N[C@H]2C[C@H]3CC[C@H]2C3)c1. The lowest BCUT2D eigenvalue weighted by Crippen LogP contribution is -2.41. The molecule has 2 saturated carbocycles. The average Bonchev–Trinajstić information content (AvgIpc) is 3.07. The molecule has 2 fully saturated rings. The predicted molar refractivity (Wildman–Crippen MR) is 88.1 cm³/mol. The van der Waals surface area contributed by atoms with Crippen molar-refractivity contribution in [3.05, 3.63) is 29.3 Å². The number of amides is 1. The van der Waals surface area contributed by atoms with Crippen molar-refractivity contribution in [1.29, 1.82) is 0 Å². The predicted octanol–water partition coefficient (Wildman–Crippen LogP) is 3.80. The Hall–Kier alpha value is -1.51. The number of hydrogen-bond donors (Lipinski definition) is 1. The number of hydrogen-bond acceptors (Lipinski definition) is 2. The van der Waals surface area contributed by atoms with E-state index in [1.165, 1.54) is 24.8 Å². The molecule has 3 heteroatoms. The molecule has 120 valence electrons. The van der Waals surface area contributed by atoms with Crippen molar-refractivity contribution >= 4 is 5.91 Å². The Morgan fingerprint density at radius 1 is 1.32 bits per heavy atom. The van der Waals surface area contributed by atoms with Crippen LogP contribution in [-0.2, 0) is 4.79 Å². The van der Waals surface area contributed by atoms with E-state index in [1.807, 2.05) is 13.0 Å². The van der Waals surface area contributed by atoms with E-state index in [9.17, 15) is 4.79 Å². The second-order valence-electron chi connectivity index (χ2n) is 7.33. The van der Waals surface area contributed by atoms with Crippen LogP contribution in [0.3, 0.4) is 0 Å². The summed E-state index contributed by atoms with van der Waals surface area (Å²) >= 11 is 0. The summed E-state index contributed by atoms with van der Waals surface area (Å²) in [5.74, 6) is 2.82. The lowest BCUT2D eigenvalue weighted by Gasteiger charge is -2.23. The lowest BCUT2D eigenvalue weighted by molar-refractivity contribution is -0.124. The Morgan fingerprint density at radius 2 is 2.14 bits per heavy atom. The Labute approximate surface area is 133 Å². The second-order valence-corrected chi connectivity index (χ2v) is 7.33. The van der Waals surface area contributed by atoms with Gasteiger partial charge in [-0.1, -0.05) is 32.4 Å². The molecule has 0 saturated heterocycles. The quantitative estimate of drug-likeness (QED) is 0.898. The smallest absolute Gasteiger partial charge is 0.258 e. The molecule has 1 aromatic rings. The molecule has 2 bridgehead atoms. The minimum absolute atomic E-state index is 0.0220. The minimum Gasteiger partial charge on any atom is -0.483 e. The number of rotatable bonds is 5. The molecule has 1 N–H and O–H groups in total. The molecule has 2 aliphatic rings. The van der Waals surface area contributed by atoms with Gasteiger partial charge in [0, 0.05) is 6.04 Å². The van der Waals surface area contributed by atoms with Gasteiger partial charge in [-0.2, -0.15) is 0 Å². The fraction of sp³-hybridized carbons (Fsp3) is 0.632. The highest BCUT2D eigenvalue weighted by molar-refractivity contribution is 5.78. The first-order chi connectivity index (χ1) is 10.5. The van der Waals surface area contributed by atoms with E-state index in [0.717, 1.165) is 23.7 Å². The molecule has 0 unspecified atom stereocenters. The van der Waals surface area contributed by atoms with Crippen LogP contribution in [0, 0.1) is 18.8 Å². The van der Waals surface area contributed by atoms with Gasteiger partial charge in [0.25, 0.3) is 5.91 Å². The normalized spacial score (nSPS) is 26.5. The topological polar surface area (TPSA) is 38.3 Å². The van der Waals surface area contributed by atoms with E-state index in [1.54, 1.807) is 0 Å². The van der Waals surface area contributed by atoms with Gasteiger partial charge >= 0.3 is 0 Å². The van der Waals surface area contributed by atoms with Gasteiger partial charge in [0.15, 0.2) is 6.61 Å². The number of carbonyl (C=O) groups excluding carboxylic acids is 1. The maximum Gasteiger partial charge on any atom is 0.258 e. The molecular weight excluding hydrogens is 274 g/mol. The largest absolute Gasteiger partial charge is 0.483 e. The van der Waals surface area contributed by atoms with Crippen LogP contribution < -0.4 is 10.1 Å². The summed E-state index contributed by atoms with van der Waals surface area (Å²) in [6.07, 6.45) is 5.11. The van der Waals surface area contributed by atoms with Gasteiger partial charge < -0.3 is 10.1 Å². The molecule has 2 aliphatic carbocycles. The third-order valence-corrected chi connectivity index (χ3v) is 5.23. The van der Waals surface area contributed by atoms with Crippen LogP contribution in [0.25, 0.3) is 0 Å². The molecule has 0 radical (unpaired) electrons. The number of fused-ring (bicyclic) bond motifs is 2. The number of aryl methyl sites for hydroxylation is 1. The summed E-state index contributed by atoms with van der Waals surface area (Å²) in [6.45, 7) is 6.46. The summed E-state index contributed by atoms with van der Waals surface area (Å²) < 4.78 is 5.82. The highest BCUT2D eigenvalue weighted by Crippen LogP contribution is 2.44. The molecule has 3 rings (SSSR count). The summed E-state index contributed by atoms with van der Waals surface area (Å²) in [5.41, 5.74) is 2.33. The molecule has 0 aliphatic heterocycles. The zero-order chi connectivity index (χ0) is 15.7. The standard InChI is InChI=1S/C19H27NO2/c1-12(2)16-7-4-13(3)8-18(16)22-11-19(21)20-17-10-14-5-6-15(17)9-14/h4,7-8,12,14-15,17H,5-6,9-11H2,1-3H3,(H,20,21)/t14-,15-,17-/m0/s1. The van der Waals surface area contributed by atoms with Crippen LogP contribution in [0.5, 0.6) is 5.75 Å². The summed E-state index contributed by atoms with van der Waals surface area (Å²) in [6, 6.07) is 6.61. The van der Waals surface area contributed by atoms with E-state index >= 15 is 0 Å². The Kier molecular flexibility index (Phi) is 4.42. The van der Waals surface area contributed by atoms with E-state index in [2.05, 4.69) is 31.3 Å². The van der Waals surface area contributed by atoms with E-state index < -0.39 is 0 Å². The zero-order valence-corrected chi connectivity index (χ0v) is 13.9. The average molecular weight is 301 g/mol. The van der Waals surface area contributed by atoms with Crippen molar-refractivity contribution in [2.24, 2.45) is 11.8 Å². The van der Waals surface area contributed by atoms with Crippen LogP contribution in [0.4, 0.5) is 0 Å². The summed E-state index contributed by atoms with van der Waals surface area (Å²) in [4.78, 5) is 12.2. The minimum atomic E-state index is 0.0220. The molecule has 1 aromatic carbocycles. The molecule has 3 nitrogen and oxygen atoms in total. The van der Waals surface area contributed by atoms with E-state index in [0.29, 0.717) is 17.9 Å². The monoisotopic (exact) mass is 301 g/mol. The van der Waals surface area contributed by atoms with Crippen LogP contribution in [0.1, 0.15) is 56.6 Å². The van der Waals surface area contributed by atoms with Gasteiger partial charge in [-0.25, -0.2) is 0 Å². The molecule has 3 atom stereocenters. The summed E-state index contributed by atoms with van der Waals surface area (Å²) in [5, 5.41) is 3.18. The lowest BCUT2D eigenvalue weighted by atomic mass is 9.95. The maximum absolute atomic E-state index is 12.2. The molecule has 22 heavy (non-hydrogen) atoms. The van der Waals surface area contributed by atoms with Crippen molar-refractivity contribution < 1.29 is 9.53 Å². The van der Waals surface area contributed by atoms with Gasteiger partial charge in [0.2, 0.25) is 0 Å². The van der Waals surface area contributed by atoms with Crippen LogP contribution >= 0.6 is 0 Å². The van der Waals surface area contributed by atoms with E-state index in [-0.39, 0.29) is 12.5 Å². The first kappa shape index (κ1) is 15.4. The first-order valence-corrected chi connectivity index (χ1v) is 8.55. The van der Waals surface area contributed by atoms with Crippen LogP contribution in [0.2, 0.25) is 0 Å². The van der Waals surface area contributed by atoms with Crippen molar-refractivity contribution in [2.75, 3.05) is 6.61 Å². The van der Waals surface area contributed by atoms with E-state index in [4.69, 9.17) is 4.74 Å². The van der Waals surface area contributed by atoms with Crippen molar-refractivity contribution in [2.45, 2.75) is 58.4 Å². The Morgan fingerprint density at radius 3 is 2.77 bits per heavy atom. The van der Waals surface area contributed by atoms with Gasteiger partial charge in [0.05, 0.1) is 0 Å². The van der Waals surface area contributed by atoms with Gasteiger partial charge in [-0.15, -0.1) is 0 Å². The highest BCUT2D eigenvalue weighted by Gasteiger charge is 2.40. The number of benzene rings is 1. The zero-order valence-electron chi connectivity index (χ0n) is 13.9. The Balaban J connectivity index is 1.56. The molecule has 0 spiro atoms. The fourth-order valence-corrected chi connectivity index (χ4v) is 4.06. The summed E-state index contributed by atoms with van der Waals surface area (Å²) in [7, 11) is 0. The highest BCUT2D eigenvalue weighted by atomic mass is 16.5. The van der Waals surface area contributed by atoms with Crippen LogP contribution in [0.15, 0.2) is 18.2 Å². The molecule has 0 aromatic heterocycles. The second kappa shape index (κ2) is 6.31. The molecule has 0 heterocycles. The Bertz CT molecular complexity index is 552. The van der Waals surface area contributed by atoms with Gasteiger partial charge in [0.1, 0.15) is 5.75 Å². The van der Waals surface area contributed by atoms with Crippen molar-refractivity contribution in [3.8, 4) is 5.75 Å². The fourth-order valence-electron chi connectivity index (χ4n) is 4.06. The molecule has 1 amide bonds. The van der Waals surface area contributed by atoms with Gasteiger partial charge in [-0.3, -0.25) is 4.79 Å². The maximum atomic E-state index is 12.2. The third-order valence-electron chi connectivity index (χ3n) is 5.23.